The molecular formula is C9H15NO. The predicted octanol–water partition coefficient (Wildman–Crippen LogP) is 1.66. The van der Waals surface area contributed by atoms with Gasteiger partial charge in [-0.05, 0) is 0 Å². The molecular weight excluding hydrogens is 138 g/mol. The van der Waals surface area contributed by atoms with Crippen molar-refractivity contribution in [1.29, 1.82) is 0 Å². The van der Waals surface area contributed by atoms with E-state index in [4.69, 9.17) is 0 Å². The third-order valence-electron chi connectivity index (χ3n) is 1.47. The molecule has 62 valence electrons. The monoisotopic (exact) mass is 153 g/mol. The Balaban J connectivity index is 0.000001000. The molecule has 0 heterocycles. The molecule has 0 aliphatic carbocycles. The van der Waals surface area contributed by atoms with E-state index in [-0.39, 0.29) is 6.15 Å². The Morgan fingerprint density at radius 1 is 1.09 bits per heavy atom. The second-order valence-corrected chi connectivity index (χ2v) is 2.88. The van der Waals surface area contributed by atoms with Gasteiger partial charge in [-0.25, -0.2) is 0 Å². The van der Waals surface area contributed by atoms with Crippen molar-refractivity contribution in [3.8, 4) is 0 Å². The van der Waals surface area contributed by atoms with E-state index in [1.54, 1.807) is 13.8 Å². The number of quaternary nitrogens is 1. The van der Waals surface area contributed by atoms with Crippen LogP contribution in [0, 0.1) is 0 Å². The fourth-order valence-electron chi connectivity index (χ4n) is 0.840. The van der Waals surface area contributed by atoms with Crippen LogP contribution in [0.4, 0.5) is 0 Å². The largest absolute Gasteiger partial charge is 0.846 e. The molecule has 2 heteroatoms. The maximum atomic E-state index is 11.3. The van der Waals surface area contributed by atoms with Crippen molar-refractivity contribution in [2.45, 2.75) is 19.4 Å². The Morgan fingerprint density at radius 3 is 1.82 bits per heavy atom. The number of hydrogen-bond donors (Lipinski definition) is 1. The summed E-state index contributed by atoms with van der Waals surface area (Å²) in [7, 11) is 0. The third kappa shape index (κ3) is 2.70. The standard InChI is InChI=1S/C9H11O.H3N/c1-9(2,10)8-6-4-3-5-7-8;/h3-7H,1-2H3;1H3/q-1;/p+1. The average molecular weight is 153 g/mol. The second kappa shape index (κ2) is 3.51. The summed E-state index contributed by atoms with van der Waals surface area (Å²) in [6.07, 6.45) is 0. The Labute approximate surface area is 67.5 Å². The normalized spacial score (nSPS) is 10.5. The van der Waals surface area contributed by atoms with E-state index < -0.39 is 5.60 Å². The van der Waals surface area contributed by atoms with Gasteiger partial charge in [0.1, 0.15) is 0 Å². The predicted molar refractivity (Wildman–Crippen MR) is 45.5 cm³/mol. The zero-order chi connectivity index (χ0) is 7.61. The van der Waals surface area contributed by atoms with Crippen LogP contribution in [0.3, 0.4) is 0 Å². The van der Waals surface area contributed by atoms with E-state index in [9.17, 15) is 5.11 Å². The van der Waals surface area contributed by atoms with Gasteiger partial charge in [0.05, 0.1) is 0 Å². The molecule has 0 aliphatic heterocycles. The second-order valence-electron chi connectivity index (χ2n) is 2.88. The van der Waals surface area contributed by atoms with Crippen molar-refractivity contribution < 1.29 is 5.11 Å². The van der Waals surface area contributed by atoms with Crippen molar-refractivity contribution in [3.63, 3.8) is 0 Å². The molecule has 1 rings (SSSR count). The Kier molecular flexibility index (Phi) is 3.23. The molecule has 0 amide bonds. The quantitative estimate of drug-likeness (QED) is 0.655. The lowest BCUT2D eigenvalue weighted by Crippen LogP contribution is -2.33. The van der Waals surface area contributed by atoms with Gasteiger partial charge >= 0.3 is 0 Å². The van der Waals surface area contributed by atoms with E-state index in [1.165, 1.54) is 0 Å². The van der Waals surface area contributed by atoms with Crippen LogP contribution in [0.25, 0.3) is 0 Å². The first kappa shape index (κ1) is 10.1. The van der Waals surface area contributed by atoms with E-state index in [2.05, 4.69) is 0 Å². The van der Waals surface area contributed by atoms with Gasteiger partial charge in [-0.3, -0.25) is 0 Å². The molecule has 0 saturated carbocycles. The molecule has 0 aliphatic rings. The maximum Gasteiger partial charge on any atom is -0.0590 e. The molecule has 2 nitrogen and oxygen atoms in total. The van der Waals surface area contributed by atoms with Crippen LogP contribution in [0.2, 0.25) is 0 Å². The molecule has 0 unspecified atom stereocenters. The van der Waals surface area contributed by atoms with Crippen LogP contribution in [-0.4, -0.2) is 0 Å². The van der Waals surface area contributed by atoms with Gasteiger partial charge in [-0.15, -0.1) is 0 Å². The Morgan fingerprint density at radius 2 is 1.55 bits per heavy atom. The number of benzene rings is 1. The molecule has 0 fully saturated rings. The topological polar surface area (TPSA) is 59.6 Å². The summed E-state index contributed by atoms with van der Waals surface area (Å²) in [6.45, 7) is 3.34. The van der Waals surface area contributed by atoms with Gasteiger partial charge in [0, 0.05) is 0 Å². The summed E-state index contributed by atoms with van der Waals surface area (Å²) in [4.78, 5) is 0. The molecule has 0 aromatic heterocycles. The lowest BCUT2D eigenvalue weighted by molar-refractivity contribution is -0.475. The highest BCUT2D eigenvalue weighted by atomic mass is 16.3. The number of hydrogen-bond acceptors (Lipinski definition) is 1. The third-order valence-corrected chi connectivity index (χ3v) is 1.47. The van der Waals surface area contributed by atoms with Crippen molar-refractivity contribution in [3.05, 3.63) is 35.9 Å². The van der Waals surface area contributed by atoms with E-state index in [0.717, 1.165) is 5.56 Å². The van der Waals surface area contributed by atoms with Crippen molar-refractivity contribution in [2.75, 3.05) is 0 Å². The lowest BCUT2D eigenvalue weighted by Gasteiger charge is -2.31. The van der Waals surface area contributed by atoms with Crippen LogP contribution in [0.5, 0.6) is 0 Å². The summed E-state index contributed by atoms with van der Waals surface area (Å²) in [5.74, 6) is 0. The summed E-state index contributed by atoms with van der Waals surface area (Å²) >= 11 is 0. The van der Waals surface area contributed by atoms with Crippen molar-refractivity contribution in [1.82, 2.24) is 6.15 Å². The van der Waals surface area contributed by atoms with Gasteiger partial charge < -0.3 is 11.3 Å². The molecule has 0 atom stereocenters. The van der Waals surface area contributed by atoms with Gasteiger partial charge in [-0.1, -0.05) is 55.3 Å². The first-order valence-electron chi connectivity index (χ1n) is 3.36. The highest BCUT2D eigenvalue weighted by molar-refractivity contribution is 5.19. The molecule has 0 spiro atoms. The van der Waals surface area contributed by atoms with Gasteiger partial charge in [0.15, 0.2) is 0 Å². The van der Waals surface area contributed by atoms with Crippen LogP contribution < -0.4 is 11.3 Å². The van der Waals surface area contributed by atoms with Crippen LogP contribution in [-0.2, 0) is 5.60 Å². The molecule has 0 radical (unpaired) electrons. The van der Waals surface area contributed by atoms with E-state index in [0.29, 0.717) is 0 Å². The average Bonchev–Trinajstić information content (AvgIpc) is 1.88. The Bertz CT molecular complexity index is 201. The summed E-state index contributed by atoms with van der Waals surface area (Å²) in [5, 5.41) is 11.3. The first-order chi connectivity index (χ1) is 4.61. The number of rotatable bonds is 1. The summed E-state index contributed by atoms with van der Waals surface area (Å²) in [5.41, 5.74) is -0.114. The SMILES string of the molecule is CC(C)([O-])c1ccccc1.[NH4+]. The van der Waals surface area contributed by atoms with Gasteiger partial charge in [0.25, 0.3) is 0 Å². The molecule has 0 saturated heterocycles. The Hall–Kier alpha value is -0.860. The van der Waals surface area contributed by atoms with E-state index in [1.807, 2.05) is 30.3 Å². The smallest absolute Gasteiger partial charge is 0.0590 e. The minimum atomic E-state index is -0.957. The van der Waals surface area contributed by atoms with E-state index >= 15 is 0 Å². The zero-order valence-corrected chi connectivity index (χ0v) is 7.29. The summed E-state index contributed by atoms with van der Waals surface area (Å²) in [6, 6.07) is 9.39. The lowest BCUT2D eigenvalue weighted by atomic mass is 9.99. The minimum absolute atomic E-state index is 0. The molecule has 1 aromatic carbocycles. The molecule has 1 aromatic rings. The highest BCUT2D eigenvalue weighted by Crippen LogP contribution is 2.14. The van der Waals surface area contributed by atoms with Crippen LogP contribution in [0.15, 0.2) is 30.3 Å². The fraction of sp³-hybridized carbons (Fsp3) is 0.333. The minimum Gasteiger partial charge on any atom is -0.846 e. The first-order valence-corrected chi connectivity index (χ1v) is 3.36. The molecule has 0 bridgehead atoms. The summed E-state index contributed by atoms with van der Waals surface area (Å²) < 4.78 is 0. The zero-order valence-electron chi connectivity index (χ0n) is 7.29. The van der Waals surface area contributed by atoms with Gasteiger partial charge in [0.2, 0.25) is 0 Å². The molecule has 4 N–H and O–H groups in total. The van der Waals surface area contributed by atoms with Crippen molar-refractivity contribution >= 4 is 0 Å². The van der Waals surface area contributed by atoms with Crippen molar-refractivity contribution in [2.24, 2.45) is 0 Å². The van der Waals surface area contributed by atoms with Crippen LogP contribution >= 0.6 is 0 Å². The highest BCUT2D eigenvalue weighted by Gasteiger charge is 2.02. The van der Waals surface area contributed by atoms with Crippen LogP contribution in [0.1, 0.15) is 19.4 Å². The van der Waals surface area contributed by atoms with Gasteiger partial charge in [-0.2, -0.15) is 0 Å². The molecule has 11 heavy (non-hydrogen) atoms. The fourth-order valence-corrected chi connectivity index (χ4v) is 0.840. The maximum absolute atomic E-state index is 11.3.